The van der Waals surface area contributed by atoms with Gasteiger partial charge >= 0.3 is 5.97 Å². The van der Waals surface area contributed by atoms with Crippen LogP contribution in [0.25, 0.3) is 44.1 Å². The van der Waals surface area contributed by atoms with Crippen LogP contribution in [0.15, 0.2) is 110 Å². The number of anilines is 4. The normalized spacial score (nSPS) is 11.3. The molecule has 4 aromatic carbocycles. The molecule has 0 fully saturated rings. The molecule has 4 heterocycles. The van der Waals surface area contributed by atoms with Crippen molar-refractivity contribution in [2.24, 2.45) is 28.2 Å². The number of allylic oxidation sites excluding steroid dienone is 3. The molecule has 4 aromatic heterocycles. The summed E-state index contributed by atoms with van der Waals surface area (Å²) in [6.07, 6.45) is 9.04. The van der Waals surface area contributed by atoms with Gasteiger partial charge in [-0.05, 0) is 112 Å². The van der Waals surface area contributed by atoms with Gasteiger partial charge in [0.15, 0.2) is 0 Å². The summed E-state index contributed by atoms with van der Waals surface area (Å²) in [7, 11) is 8.09. The number of ether oxygens (including phenoxy) is 1. The number of esters is 1. The fraction of sp³-hybridized carbons (Fsp3) is 0.485. The number of aromatic nitrogens is 8. The molecule has 0 unspecified atom stereocenters. The van der Waals surface area contributed by atoms with Gasteiger partial charge in [-0.15, -0.1) is 76.2 Å². The molecular weight excluding hydrogens is 1280 g/mol. The molecule has 0 aliphatic heterocycles. The van der Waals surface area contributed by atoms with E-state index in [2.05, 4.69) is 114 Å². The van der Waals surface area contributed by atoms with Crippen LogP contribution in [-0.4, -0.2) is 160 Å². The summed E-state index contributed by atoms with van der Waals surface area (Å²) in [5.74, 6) is 7.36. The largest absolute Gasteiger partial charge is 0.513 e. The zero-order valence-corrected chi connectivity index (χ0v) is 58.2. The zero-order valence-electron chi connectivity index (χ0n) is 53.6. The summed E-state index contributed by atoms with van der Waals surface area (Å²) in [6, 6.07) is 24.9. The van der Waals surface area contributed by atoms with Gasteiger partial charge in [0, 0.05) is 177 Å². The monoisotopic (exact) mass is 1370 g/mol. The molecule has 0 saturated heterocycles. The van der Waals surface area contributed by atoms with Gasteiger partial charge in [0.1, 0.15) is 29.9 Å². The molecule has 496 valence electrons. The van der Waals surface area contributed by atoms with Crippen LogP contribution in [0.3, 0.4) is 0 Å². The number of carbonyl (C=O) groups excluding carboxylic acids is 1. The SMILES string of the molecule is C=C(C)CCCc1nc2cc(N(CCCl)CCCl)ccc2n1C.C=C(O)CCCc1nc2cc(N(CCCl)CCOC(=O)CCCc3nc4cc(N(CCCl)CCCl)ccc4n3C)ccc2n1C.C=C(O)CCCc1nc2cc(N(CCO)CCCl)ccc2n1C. The Morgan fingerprint density at radius 1 is 0.440 bits per heavy atom. The van der Waals surface area contributed by atoms with E-state index in [4.69, 9.17) is 94.3 Å². The van der Waals surface area contributed by atoms with Crippen LogP contribution in [0, 0.1) is 0 Å². The number of halogens is 6. The van der Waals surface area contributed by atoms with Crippen molar-refractivity contribution in [3.05, 3.63) is 133 Å². The lowest BCUT2D eigenvalue weighted by atomic mass is 10.1. The molecule has 0 aliphatic carbocycles. The van der Waals surface area contributed by atoms with Crippen molar-refractivity contribution in [3.8, 4) is 0 Å². The summed E-state index contributed by atoms with van der Waals surface area (Å²) in [5.41, 5.74) is 13.5. The van der Waals surface area contributed by atoms with E-state index in [-0.39, 0.29) is 30.7 Å². The third-order valence-electron chi connectivity index (χ3n) is 15.9. The van der Waals surface area contributed by atoms with Crippen molar-refractivity contribution in [1.82, 2.24) is 38.2 Å². The van der Waals surface area contributed by atoms with E-state index in [0.717, 1.165) is 161 Å². The molecule has 17 nitrogen and oxygen atoms in total. The van der Waals surface area contributed by atoms with Gasteiger partial charge in [0.05, 0.1) is 68.8 Å². The van der Waals surface area contributed by atoms with Gasteiger partial charge in [0.25, 0.3) is 0 Å². The number of fused-ring (bicyclic) bond motifs is 4. The number of rotatable bonds is 37. The molecule has 0 bridgehead atoms. The number of aliphatic hydroxyl groups is 3. The topological polar surface area (TPSA) is 171 Å². The van der Waals surface area contributed by atoms with Gasteiger partial charge in [0.2, 0.25) is 0 Å². The van der Waals surface area contributed by atoms with Crippen molar-refractivity contribution in [3.63, 3.8) is 0 Å². The Kier molecular flexibility index (Phi) is 31.1. The van der Waals surface area contributed by atoms with Gasteiger partial charge in [-0.2, -0.15) is 0 Å². The molecule has 23 heteroatoms. The molecule has 8 rings (SSSR count). The Morgan fingerprint density at radius 2 is 0.714 bits per heavy atom. The maximum absolute atomic E-state index is 12.6. The molecule has 0 amide bonds. The number of aliphatic hydroxyl groups excluding tert-OH is 3. The summed E-state index contributed by atoms with van der Waals surface area (Å²) < 4.78 is 14.0. The van der Waals surface area contributed by atoms with Crippen LogP contribution >= 0.6 is 69.6 Å². The number of hydrogen-bond acceptors (Lipinski definition) is 13. The highest BCUT2D eigenvalue weighted by molar-refractivity contribution is 6.19. The zero-order chi connectivity index (χ0) is 66.0. The number of alkyl halides is 6. The first-order chi connectivity index (χ1) is 43.9. The molecule has 0 saturated carbocycles. The highest BCUT2D eigenvalue weighted by Crippen LogP contribution is 2.28. The summed E-state index contributed by atoms with van der Waals surface area (Å²) >= 11 is 35.7. The van der Waals surface area contributed by atoms with Crippen LogP contribution in [0.4, 0.5) is 22.7 Å². The van der Waals surface area contributed by atoms with Crippen LogP contribution in [0.1, 0.15) is 81.6 Å². The predicted octanol–water partition coefficient (Wildman–Crippen LogP) is 14.5. The lowest BCUT2D eigenvalue weighted by Crippen LogP contribution is -2.30. The second-order valence-electron chi connectivity index (χ2n) is 22.6. The van der Waals surface area contributed by atoms with Crippen LogP contribution in [0.5, 0.6) is 0 Å². The van der Waals surface area contributed by atoms with Crippen molar-refractivity contribution >= 4 is 142 Å². The number of imidazole rings is 4. The highest BCUT2D eigenvalue weighted by atomic mass is 35.5. The Hall–Kier alpha value is -6.05. The molecule has 91 heavy (non-hydrogen) atoms. The first-order valence-electron chi connectivity index (χ1n) is 31.2. The van der Waals surface area contributed by atoms with Crippen molar-refractivity contribution in [1.29, 1.82) is 0 Å². The van der Waals surface area contributed by atoms with Crippen molar-refractivity contribution < 1.29 is 24.9 Å². The maximum atomic E-state index is 12.6. The Labute approximate surface area is 567 Å². The number of aryl methyl sites for hydroxylation is 8. The maximum Gasteiger partial charge on any atom is 0.305 e. The Bertz CT molecular complexity index is 3490. The minimum atomic E-state index is -0.227. The number of benzene rings is 4. The Balaban J connectivity index is 0.000000240. The van der Waals surface area contributed by atoms with Crippen LogP contribution in [0.2, 0.25) is 0 Å². The molecule has 0 aliphatic rings. The van der Waals surface area contributed by atoms with Gasteiger partial charge in [-0.1, -0.05) is 18.7 Å². The fourth-order valence-electron chi connectivity index (χ4n) is 11.0. The third-order valence-corrected chi connectivity index (χ3v) is 16.9. The van der Waals surface area contributed by atoms with E-state index in [9.17, 15) is 20.1 Å². The summed E-state index contributed by atoms with van der Waals surface area (Å²) in [4.78, 5) is 40.3. The van der Waals surface area contributed by atoms with Gasteiger partial charge in [-0.3, -0.25) is 4.79 Å². The van der Waals surface area contributed by atoms with E-state index >= 15 is 0 Å². The van der Waals surface area contributed by atoms with Gasteiger partial charge < -0.3 is 57.9 Å². The first kappa shape index (κ1) is 74.0. The summed E-state index contributed by atoms with van der Waals surface area (Å²) in [5, 5.41) is 27.8. The van der Waals surface area contributed by atoms with Crippen LogP contribution < -0.4 is 19.6 Å². The minimum Gasteiger partial charge on any atom is -0.513 e. The smallest absolute Gasteiger partial charge is 0.305 e. The second kappa shape index (κ2) is 38.2. The van der Waals surface area contributed by atoms with E-state index in [0.29, 0.717) is 93.6 Å². The van der Waals surface area contributed by atoms with E-state index in [1.165, 1.54) is 5.57 Å². The molecule has 0 atom stereocenters. The van der Waals surface area contributed by atoms with Crippen LogP contribution in [-0.2, 0) is 63.4 Å². The number of hydrogen-bond donors (Lipinski definition) is 3. The highest BCUT2D eigenvalue weighted by Gasteiger charge is 2.18. The van der Waals surface area contributed by atoms with Gasteiger partial charge in [-0.25, -0.2) is 19.9 Å². The molecule has 0 spiro atoms. The third kappa shape index (κ3) is 21.8. The molecule has 8 aromatic rings. The van der Waals surface area contributed by atoms with E-state index < -0.39 is 0 Å². The minimum absolute atomic E-state index is 0.0907. The first-order valence-corrected chi connectivity index (χ1v) is 34.4. The predicted molar refractivity (Wildman–Crippen MR) is 384 cm³/mol. The molecule has 3 N–H and O–H groups in total. The summed E-state index contributed by atoms with van der Waals surface area (Å²) in [6.45, 7) is 18.9. The lowest BCUT2D eigenvalue weighted by molar-refractivity contribution is -0.143. The lowest BCUT2D eigenvalue weighted by Gasteiger charge is -2.23. The molecular formula is C68H92Cl6N12O5. The second-order valence-corrected chi connectivity index (χ2v) is 24.8. The quantitative estimate of drug-likeness (QED) is 0.0146. The van der Waals surface area contributed by atoms with Crippen molar-refractivity contribution in [2.75, 3.05) is 120 Å². The van der Waals surface area contributed by atoms with E-state index in [1.54, 1.807) is 0 Å². The molecule has 0 radical (unpaired) electrons. The standard InChI is InChI=1S/C33H43Cl3N6O3.C18H25Cl2N3.C17H24ClN3O2/c1-24(43)6-4-7-31-37-28-23-26(11-13-30(28)39(31)2)42(19-16-36)20-21-45-33(44)9-5-8-32-38-27-22-25(10-12-29(27)40(32)3)41(17-14-34)18-15-35;1-14(2)5-4-6-18-21-16-13-15(7-8-17(16)22(18)3)23(11-9-19)12-10-20;1-13(23)4-3-5-17-19-15-12-14(6-7-16(15)20(17)2)21(9-8-18)10-11-22/h10-13,22-23,43H,1,4-9,14-21H2,2-3H3;7-8,13H,1,4-6,9-12H2,2-3H3;6-7,12,22-23H,1,3-5,8-11H2,2H3. The number of carbonyl (C=O) groups is 1. The Morgan fingerprint density at radius 3 is 0.989 bits per heavy atom. The fourth-order valence-corrected chi connectivity index (χ4v) is 12.3. The van der Waals surface area contributed by atoms with Crippen molar-refractivity contribution in [2.45, 2.75) is 84.0 Å². The number of nitrogens with zero attached hydrogens (tertiary/aromatic N) is 12. The average Bonchev–Trinajstić information content (AvgIpc) is 1.79. The average molecular weight is 1370 g/mol. The van der Waals surface area contributed by atoms with E-state index in [1.807, 2.05) is 51.5 Å².